The minimum atomic E-state index is -0.423. The Balaban J connectivity index is 2.64. The molecule has 0 aliphatic carbocycles. The monoisotopic (exact) mass is 298 g/mol. The van der Waals surface area contributed by atoms with Gasteiger partial charge in [0, 0.05) is 10.2 Å². The molecule has 3 N–H and O–H groups in total. The lowest BCUT2D eigenvalue weighted by molar-refractivity contribution is -0.117. The summed E-state index contributed by atoms with van der Waals surface area (Å²) >= 11 is 3.38. The van der Waals surface area contributed by atoms with Crippen LogP contribution in [0.25, 0.3) is 0 Å². The van der Waals surface area contributed by atoms with Crippen molar-refractivity contribution in [3.05, 3.63) is 28.2 Å². The fourth-order valence-electron chi connectivity index (χ4n) is 1.51. The van der Waals surface area contributed by atoms with Gasteiger partial charge >= 0.3 is 0 Å². The van der Waals surface area contributed by atoms with Gasteiger partial charge in [-0.2, -0.15) is 0 Å². The van der Waals surface area contributed by atoms with Gasteiger partial charge in [0.2, 0.25) is 5.91 Å². The molecule has 4 heteroatoms. The van der Waals surface area contributed by atoms with Gasteiger partial charge in [0.05, 0.1) is 6.04 Å². The molecule has 94 valence electrons. The fourth-order valence-corrected chi connectivity index (χ4v) is 1.87. The first-order valence-corrected chi connectivity index (χ1v) is 6.66. The van der Waals surface area contributed by atoms with E-state index in [1.165, 1.54) is 0 Å². The number of carbonyl (C=O) groups excluding carboxylic acids is 1. The van der Waals surface area contributed by atoms with Crippen LogP contribution in [0.4, 0.5) is 5.69 Å². The molecule has 0 saturated carbocycles. The molecule has 3 nitrogen and oxygen atoms in total. The number of unbranched alkanes of at least 4 members (excludes halogenated alkanes) is 1. The third kappa shape index (κ3) is 4.48. The third-order valence-corrected chi connectivity index (χ3v) is 3.16. The van der Waals surface area contributed by atoms with E-state index in [2.05, 4.69) is 28.2 Å². The molecule has 1 aromatic rings. The van der Waals surface area contributed by atoms with Gasteiger partial charge in [-0.15, -0.1) is 0 Å². The maximum absolute atomic E-state index is 11.8. The van der Waals surface area contributed by atoms with Crippen molar-refractivity contribution in [3.63, 3.8) is 0 Å². The lowest BCUT2D eigenvalue weighted by atomic mass is 10.1. The third-order valence-electron chi connectivity index (χ3n) is 2.66. The molecule has 1 rings (SSSR count). The Bertz CT molecular complexity index is 393. The number of hydrogen-bond acceptors (Lipinski definition) is 2. The lowest BCUT2D eigenvalue weighted by Gasteiger charge is -2.13. The van der Waals surface area contributed by atoms with E-state index in [0.29, 0.717) is 0 Å². The second kappa shape index (κ2) is 6.77. The molecule has 0 heterocycles. The SMILES string of the molecule is CCCCC(N)C(=O)Nc1cc(Br)ccc1C. The fraction of sp³-hybridized carbons (Fsp3) is 0.462. The maximum Gasteiger partial charge on any atom is 0.241 e. The molecule has 1 unspecified atom stereocenters. The molecular weight excluding hydrogens is 280 g/mol. The van der Waals surface area contributed by atoms with E-state index in [4.69, 9.17) is 5.73 Å². The molecule has 1 amide bonds. The molecule has 0 fully saturated rings. The van der Waals surface area contributed by atoms with Gasteiger partial charge < -0.3 is 11.1 Å². The number of halogens is 1. The highest BCUT2D eigenvalue weighted by molar-refractivity contribution is 9.10. The second-order valence-corrected chi connectivity index (χ2v) is 5.11. The van der Waals surface area contributed by atoms with E-state index in [1.54, 1.807) is 0 Å². The van der Waals surface area contributed by atoms with E-state index in [0.717, 1.165) is 35.0 Å². The minimum Gasteiger partial charge on any atom is -0.324 e. The van der Waals surface area contributed by atoms with Crippen LogP contribution in [0.3, 0.4) is 0 Å². The molecule has 0 aromatic heterocycles. The Kier molecular flexibility index (Phi) is 5.65. The summed E-state index contributed by atoms with van der Waals surface area (Å²) in [5.74, 6) is -0.111. The van der Waals surface area contributed by atoms with E-state index >= 15 is 0 Å². The van der Waals surface area contributed by atoms with Crippen molar-refractivity contribution >= 4 is 27.5 Å². The maximum atomic E-state index is 11.8. The zero-order chi connectivity index (χ0) is 12.8. The van der Waals surface area contributed by atoms with Gasteiger partial charge in [0.1, 0.15) is 0 Å². The van der Waals surface area contributed by atoms with Crippen LogP contribution in [-0.2, 0) is 4.79 Å². The number of amides is 1. The van der Waals surface area contributed by atoms with E-state index in [9.17, 15) is 4.79 Å². The smallest absolute Gasteiger partial charge is 0.241 e. The Morgan fingerprint density at radius 1 is 1.53 bits per heavy atom. The van der Waals surface area contributed by atoms with Crippen molar-refractivity contribution < 1.29 is 4.79 Å². The molecule has 0 spiro atoms. The van der Waals surface area contributed by atoms with Crippen LogP contribution in [0, 0.1) is 6.92 Å². The first-order chi connectivity index (χ1) is 8.04. The Hall–Kier alpha value is -0.870. The molecule has 0 saturated heterocycles. The number of rotatable bonds is 5. The summed E-state index contributed by atoms with van der Waals surface area (Å²) in [6.45, 7) is 4.04. The quantitative estimate of drug-likeness (QED) is 0.877. The molecule has 0 aliphatic heterocycles. The van der Waals surface area contributed by atoms with Crippen molar-refractivity contribution in [2.24, 2.45) is 5.73 Å². The topological polar surface area (TPSA) is 55.1 Å². The summed E-state index contributed by atoms with van der Waals surface area (Å²) in [5, 5.41) is 2.87. The Labute approximate surface area is 111 Å². The van der Waals surface area contributed by atoms with Crippen LogP contribution in [0.2, 0.25) is 0 Å². The van der Waals surface area contributed by atoms with Crippen molar-refractivity contribution in [3.8, 4) is 0 Å². The van der Waals surface area contributed by atoms with Crippen LogP contribution < -0.4 is 11.1 Å². The molecule has 0 bridgehead atoms. The van der Waals surface area contributed by atoms with Crippen molar-refractivity contribution in [1.82, 2.24) is 0 Å². The van der Waals surface area contributed by atoms with Gasteiger partial charge in [-0.25, -0.2) is 0 Å². The van der Waals surface area contributed by atoms with Crippen LogP contribution in [0.15, 0.2) is 22.7 Å². The van der Waals surface area contributed by atoms with Crippen molar-refractivity contribution in [2.75, 3.05) is 5.32 Å². The summed E-state index contributed by atoms with van der Waals surface area (Å²) in [6, 6.07) is 5.37. The highest BCUT2D eigenvalue weighted by Crippen LogP contribution is 2.20. The highest BCUT2D eigenvalue weighted by atomic mass is 79.9. The van der Waals surface area contributed by atoms with E-state index in [1.807, 2.05) is 25.1 Å². The van der Waals surface area contributed by atoms with Gasteiger partial charge in [0.25, 0.3) is 0 Å². The van der Waals surface area contributed by atoms with E-state index in [-0.39, 0.29) is 5.91 Å². The Morgan fingerprint density at radius 3 is 2.88 bits per heavy atom. The first kappa shape index (κ1) is 14.2. The number of aryl methyl sites for hydroxylation is 1. The van der Waals surface area contributed by atoms with Crippen LogP contribution in [0.1, 0.15) is 31.7 Å². The predicted octanol–water partition coefficient (Wildman–Crippen LogP) is 3.21. The molecule has 1 atom stereocenters. The zero-order valence-corrected chi connectivity index (χ0v) is 11.9. The lowest BCUT2D eigenvalue weighted by Crippen LogP contribution is -2.35. The largest absolute Gasteiger partial charge is 0.324 e. The zero-order valence-electron chi connectivity index (χ0n) is 10.3. The van der Waals surface area contributed by atoms with Crippen LogP contribution in [0.5, 0.6) is 0 Å². The molecule has 17 heavy (non-hydrogen) atoms. The molecule has 0 radical (unpaired) electrons. The number of nitrogens with one attached hydrogen (secondary N) is 1. The number of benzene rings is 1. The number of anilines is 1. The van der Waals surface area contributed by atoms with Crippen molar-refractivity contribution in [1.29, 1.82) is 0 Å². The predicted molar refractivity (Wildman–Crippen MR) is 75.0 cm³/mol. The Morgan fingerprint density at radius 2 is 2.24 bits per heavy atom. The summed E-state index contributed by atoms with van der Waals surface area (Å²) in [4.78, 5) is 11.8. The molecular formula is C13H19BrN2O. The highest BCUT2D eigenvalue weighted by Gasteiger charge is 2.13. The summed E-state index contributed by atoms with van der Waals surface area (Å²) in [7, 11) is 0. The summed E-state index contributed by atoms with van der Waals surface area (Å²) in [6.07, 6.45) is 2.76. The summed E-state index contributed by atoms with van der Waals surface area (Å²) < 4.78 is 0.945. The molecule has 0 aliphatic rings. The van der Waals surface area contributed by atoms with Crippen LogP contribution >= 0.6 is 15.9 Å². The molecule has 1 aromatic carbocycles. The standard InChI is InChI=1S/C13H19BrN2O/c1-3-4-5-11(15)13(17)16-12-8-10(14)7-6-9(12)2/h6-8,11H,3-5,15H2,1-2H3,(H,16,17). The second-order valence-electron chi connectivity index (χ2n) is 4.20. The first-order valence-electron chi connectivity index (χ1n) is 5.87. The average molecular weight is 299 g/mol. The van der Waals surface area contributed by atoms with Gasteiger partial charge in [-0.3, -0.25) is 4.79 Å². The number of carbonyl (C=O) groups is 1. The number of hydrogen-bond donors (Lipinski definition) is 2. The van der Waals surface area contributed by atoms with Gasteiger partial charge in [-0.05, 0) is 31.0 Å². The normalized spacial score (nSPS) is 12.2. The van der Waals surface area contributed by atoms with Crippen molar-refractivity contribution in [2.45, 2.75) is 39.2 Å². The van der Waals surface area contributed by atoms with Crippen LogP contribution in [-0.4, -0.2) is 11.9 Å². The van der Waals surface area contributed by atoms with E-state index < -0.39 is 6.04 Å². The van der Waals surface area contributed by atoms with Gasteiger partial charge in [-0.1, -0.05) is 41.8 Å². The van der Waals surface area contributed by atoms with Gasteiger partial charge in [0.15, 0.2) is 0 Å². The average Bonchev–Trinajstić information content (AvgIpc) is 2.30. The summed E-state index contributed by atoms with van der Waals surface area (Å²) in [5.41, 5.74) is 7.66. The minimum absolute atomic E-state index is 0.111. The number of nitrogens with two attached hydrogens (primary N) is 1.